The summed E-state index contributed by atoms with van der Waals surface area (Å²) in [6, 6.07) is 8.40. The van der Waals surface area contributed by atoms with E-state index in [1.165, 1.54) is 11.1 Å². The standard InChI is InChI=1S/C12H16O2/c1-3-13-12-8-10-6-4-5-7-11(10)9(2)14-12/h4-7,9,12H,3,8H2,1-2H3/t9-,12-/m1/s1. The average Bonchev–Trinajstić information content (AvgIpc) is 2.18. The van der Waals surface area contributed by atoms with E-state index in [2.05, 4.69) is 31.2 Å². The smallest absolute Gasteiger partial charge is 0.162 e. The van der Waals surface area contributed by atoms with Crippen LogP contribution >= 0.6 is 0 Å². The fraction of sp³-hybridized carbons (Fsp3) is 0.500. The highest BCUT2D eigenvalue weighted by molar-refractivity contribution is 5.30. The van der Waals surface area contributed by atoms with Crippen LogP contribution in [0, 0.1) is 0 Å². The zero-order chi connectivity index (χ0) is 9.97. The third kappa shape index (κ3) is 1.81. The van der Waals surface area contributed by atoms with Crippen molar-refractivity contribution in [1.82, 2.24) is 0 Å². The van der Waals surface area contributed by atoms with Gasteiger partial charge in [0.25, 0.3) is 0 Å². The largest absolute Gasteiger partial charge is 0.353 e. The molecule has 0 saturated carbocycles. The SMILES string of the molecule is CCO[C@H]1Cc2ccccc2[C@@H](C)O1. The van der Waals surface area contributed by atoms with Gasteiger partial charge in [0.05, 0.1) is 6.10 Å². The number of hydrogen-bond acceptors (Lipinski definition) is 2. The first-order chi connectivity index (χ1) is 6.81. The fourth-order valence-corrected chi connectivity index (χ4v) is 1.93. The van der Waals surface area contributed by atoms with Crippen LogP contribution in [-0.2, 0) is 15.9 Å². The van der Waals surface area contributed by atoms with Crippen molar-refractivity contribution in [2.45, 2.75) is 32.7 Å². The van der Waals surface area contributed by atoms with Crippen molar-refractivity contribution in [3.8, 4) is 0 Å². The molecule has 0 amide bonds. The lowest BCUT2D eigenvalue weighted by atomic mass is 9.98. The highest BCUT2D eigenvalue weighted by Gasteiger charge is 2.23. The molecular weight excluding hydrogens is 176 g/mol. The summed E-state index contributed by atoms with van der Waals surface area (Å²) in [6.45, 7) is 4.78. The van der Waals surface area contributed by atoms with E-state index in [1.54, 1.807) is 0 Å². The number of fused-ring (bicyclic) bond motifs is 1. The molecule has 1 aromatic rings. The van der Waals surface area contributed by atoms with Gasteiger partial charge in [-0.05, 0) is 25.0 Å². The second-order valence-electron chi connectivity index (χ2n) is 3.57. The molecule has 0 bridgehead atoms. The van der Waals surface area contributed by atoms with Gasteiger partial charge in [-0.1, -0.05) is 24.3 Å². The van der Waals surface area contributed by atoms with Gasteiger partial charge in [0.15, 0.2) is 6.29 Å². The first-order valence-corrected chi connectivity index (χ1v) is 5.16. The molecular formula is C12H16O2. The van der Waals surface area contributed by atoms with E-state index in [9.17, 15) is 0 Å². The lowest BCUT2D eigenvalue weighted by molar-refractivity contribution is -0.172. The van der Waals surface area contributed by atoms with Crippen LogP contribution in [0.3, 0.4) is 0 Å². The third-order valence-corrected chi connectivity index (χ3v) is 2.59. The highest BCUT2D eigenvalue weighted by Crippen LogP contribution is 2.29. The van der Waals surface area contributed by atoms with Crippen molar-refractivity contribution in [2.24, 2.45) is 0 Å². The summed E-state index contributed by atoms with van der Waals surface area (Å²) in [5.74, 6) is 0. The Morgan fingerprint density at radius 1 is 1.43 bits per heavy atom. The molecule has 14 heavy (non-hydrogen) atoms. The van der Waals surface area contributed by atoms with E-state index >= 15 is 0 Å². The Labute approximate surface area is 84.8 Å². The Morgan fingerprint density at radius 3 is 3.00 bits per heavy atom. The van der Waals surface area contributed by atoms with Crippen LogP contribution in [-0.4, -0.2) is 12.9 Å². The molecule has 76 valence electrons. The molecule has 1 aromatic carbocycles. The van der Waals surface area contributed by atoms with Crippen molar-refractivity contribution in [3.63, 3.8) is 0 Å². The summed E-state index contributed by atoms with van der Waals surface area (Å²) in [6.07, 6.45) is 0.954. The van der Waals surface area contributed by atoms with Gasteiger partial charge in [-0.2, -0.15) is 0 Å². The van der Waals surface area contributed by atoms with Gasteiger partial charge >= 0.3 is 0 Å². The highest BCUT2D eigenvalue weighted by atomic mass is 16.7. The Balaban J connectivity index is 2.20. The van der Waals surface area contributed by atoms with Crippen molar-refractivity contribution in [1.29, 1.82) is 0 Å². The molecule has 0 aliphatic carbocycles. The zero-order valence-electron chi connectivity index (χ0n) is 8.69. The first-order valence-electron chi connectivity index (χ1n) is 5.16. The molecule has 2 nitrogen and oxygen atoms in total. The summed E-state index contributed by atoms with van der Waals surface area (Å²) in [7, 11) is 0. The van der Waals surface area contributed by atoms with Crippen LogP contribution in [0.25, 0.3) is 0 Å². The predicted molar refractivity (Wildman–Crippen MR) is 55.1 cm³/mol. The van der Waals surface area contributed by atoms with E-state index in [-0.39, 0.29) is 12.4 Å². The van der Waals surface area contributed by atoms with Crippen LogP contribution in [0.4, 0.5) is 0 Å². The molecule has 1 aliphatic heterocycles. The van der Waals surface area contributed by atoms with E-state index in [0.29, 0.717) is 6.61 Å². The Kier molecular flexibility index (Phi) is 2.85. The Bertz CT molecular complexity index is 309. The normalized spacial score (nSPS) is 25.9. The minimum atomic E-state index is -0.0649. The second kappa shape index (κ2) is 4.11. The number of rotatable bonds is 2. The molecule has 2 rings (SSSR count). The fourth-order valence-electron chi connectivity index (χ4n) is 1.93. The number of benzene rings is 1. The van der Waals surface area contributed by atoms with Gasteiger partial charge in [-0.3, -0.25) is 0 Å². The van der Waals surface area contributed by atoms with Gasteiger partial charge in [-0.25, -0.2) is 0 Å². The van der Waals surface area contributed by atoms with Gasteiger partial charge < -0.3 is 9.47 Å². The number of ether oxygens (including phenoxy) is 2. The van der Waals surface area contributed by atoms with Gasteiger partial charge in [0, 0.05) is 13.0 Å². The maximum atomic E-state index is 5.73. The molecule has 0 aromatic heterocycles. The molecule has 0 fully saturated rings. The van der Waals surface area contributed by atoms with Gasteiger partial charge in [0.2, 0.25) is 0 Å². The van der Waals surface area contributed by atoms with E-state index in [0.717, 1.165) is 6.42 Å². The molecule has 0 N–H and O–H groups in total. The van der Waals surface area contributed by atoms with Crippen LogP contribution in [0.15, 0.2) is 24.3 Å². The van der Waals surface area contributed by atoms with Crippen molar-refractivity contribution in [2.75, 3.05) is 6.61 Å². The maximum absolute atomic E-state index is 5.73. The van der Waals surface area contributed by atoms with E-state index in [4.69, 9.17) is 9.47 Å². The van der Waals surface area contributed by atoms with Crippen LogP contribution in [0.5, 0.6) is 0 Å². The van der Waals surface area contributed by atoms with Crippen LogP contribution in [0.2, 0.25) is 0 Å². The second-order valence-corrected chi connectivity index (χ2v) is 3.57. The Hall–Kier alpha value is -0.860. The molecule has 1 heterocycles. The van der Waals surface area contributed by atoms with E-state index in [1.807, 2.05) is 6.92 Å². The quantitative estimate of drug-likeness (QED) is 0.717. The summed E-state index contributed by atoms with van der Waals surface area (Å²) < 4.78 is 11.2. The topological polar surface area (TPSA) is 18.5 Å². The summed E-state index contributed by atoms with van der Waals surface area (Å²) in [5, 5.41) is 0. The maximum Gasteiger partial charge on any atom is 0.162 e. The van der Waals surface area contributed by atoms with E-state index < -0.39 is 0 Å². The van der Waals surface area contributed by atoms with Crippen LogP contribution in [0.1, 0.15) is 31.1 Å². The molecule has 0 saturated heterocycles. The summed E-state index contributed by atoms with van der Waals surface area (Å²) >= 11 is 0. The van der Waals surface area contributed by atoms with Crippen molar-refractivity contribution < 1.29 is 9.47 Å². The minimum absolute atomic E-state index is 0.0649. The Morgan fingerprint density at radius 2 is 2.21 bits per heavy atom. The lowest BCUT2D eigenvalue weighted by Gasteiger charge is -2.29. The van der Waals surface area contributed by atoms with Crippen molar-refractivity contribution in [3.05, 3.63) is 35.4 Å². The lowest BCUT2D eigenvalue weighted by Crippen LogP contribution is -2.27. The molecule has 1 aliphatic rings. The van der Waals surface area contributed by atoms with Crippen LogP contribution < -0.4 is 0 Å². The molecule has 2 atom stereocenters. The predicted octanol–water partition coefficient (Wildman–Crippen LogP) is 2.68. The monoisotopic (exact) mass is 192 g/mol. The van der Waals surface area contributed by atoms with Crippen molar-refractivity contribution >= 4 is 0 Å². The average molecular weight is 192 g/mol. The zero-order valence-corrected chi connectivity index (χ0v) is 8.69. The van der Waals surface area contributed by atoms with Gasteiger partial charge in [-0.15, -0.1) is 0 Å². The molecule has 0 unspecified atom stereocenters. The third-order valence-electron chi connectivity index (χ3n) is 2.59. The number of hydrogen-bond donors (Lipinski definition) is 0. The molecule has 0 spiro atoms. The molecule has 2 heteroatoms. The first kappa shape index (κ1) is 9.69. The minimum Gasteiger partial charge on any atom is -0.353 e. The molecule has 0 radical (unpaired) electrons. The summed E-state index contributed by atoms with van der Waals surface area (Å²) in [5.41, 5.74) is 2.65. The summed E-state index contributed by atoms with van der Waals surface area (Å²) in [4.78, 5) is 0. The van der Waals surface area contributed by atoms with Gasteiger partial charge in [0.1, 0.15) is 0 Å².